The molecule has 238 valence electrons. The summed E-state index contributed by atoms with van der Waals surface area (Å²) >= 11 is 0. The minimum Gasteiger partial charge on any atom is -0.456 e. The maximum Gasteiger partial charge on any atom is 0.138 e. The molecule has 0 aliphatic heterocycles. The normalized spacial score (nSPS) is 20.5. The van der Waals surface area contributed by atoms with E-state index in [2.05, 4.69) is 121 Å². The average Bonchev–Trinajstić information content (AvgIpc) is 3.57. The highest BCUT2D eigenvalue weighted by Crippen LogP contribution is 2.49. The van der Waals surface area contributed by atoms with Crippen molar-refractivity contribution in [1.29, 1.82) is 0 Å². The summed E-state index contributed by atoms with van der Waals surface area (Å²) < 4.78 is 6.78. The highest BCUT2D eigenvalue weighted by molar-refractivity contribution is 6.01. The zero-order valence-corrected chi connectivity index (χ0v) is 27.7. The number of nitrogens with zero attached hydrogens (tertiary/aromatic N) is 2. The Morgan fingerprint density at radius 1 is 0.673 bits per heavy atom. The monoisotopic (exact) mass is 634 g/mol. The first-order valence-corrected chi connectivity index (χ1v) is 18.0. The molecule has 2 aromatic heterocycles. The fraction of sp³-hybridized carbons (Fsp3) is 0.217. The van der Waals surface area contributed by atoms with Crippen LogP contribution in [0.4, 0.5) is 0 Å². The molecule has 3 nitrogen and oxygen atoms in total. The Hall–Kier alpha value is -5.28. The van der Waals surface area contributed by atoms with E-state index in [4.69, 9.17) is 14.4 Å². The molecule has 2 atom stereocenters. The minimum atomic E-state index is 0.122. The fourth-order valence-corrected chi connectivity index (χ4v) is 8.80. The Morgan fingerprint density at radius 2 is 1.53 bits per heavy atom. The maximum atomic E-state index is 6.78. The lowest BCUT2D eigenvalue weighted by Gasteiger charge is -2.29. The molecule has 0 N–H and O–H groups in total. The molecule has 0 fully saturated rings. The summed E-state index contributed by atoms with van der Waals surface area (Å²) in [6.07, 6.45) is 28.7. The van der Waals surface area contributed by atoms with Crippen LogP contribution in [0.15, 0.2) is 131 Å². The van der Waals surface area contributed by atoms with Gasteiger partial charge in [0.2, 0.25) is 0 Å². The number of hydrogen-bond donors (Lipinski definition) is 0. The van der Waals surface area contributed by atoms with Crippen LogP contribution in [0.5, 0.6) is 0 Å². The van der Waals surface area contributed by atoms with Crippen LogP contribution in [0.3, 0.4) is 0 Å². The first-order valence-electron chi connectivity index (χ1n) is 18.0. The van der Waals surface area contributed by atoms with Crippen molar-refractivity contribution in [3.8, 4) is 22.5 Å². The predicted octanol–water partition coefficient (Wildman–Crippen LogP) is 11.6. The number of hydrogen-bond acceptors (Lipinski definition) is 3. The zero-order chi connectivity index (χ0) is 32.3. The van der Waals surface area contributed by atoms with E-state index in [1.54, 1.807) is 0 Å². The summed E-state index contributed by atoms with van der Waals surface area (Å²) in [7, 11) is 0. The summed E-state index contributed by atoms with van der Waals surface area (Å²) in [4.78, 5) is 10.6. The van der Waals surface area contributed by atoms with Crippen molar-refractivity contribution in [3.63, 3.8) is 0 Å². The highest BCUT2D eigenvalue weighted by Gasteiger charge is 2.34. The van der Waals surface area contributed by atoms with Crippen LogP contribution in [-0.2, 0) is 12.8 Å². The van der Waals surface area contributed by atoms with E-state index in [0.717, 1.165) is 74.2 Å². The Bertz CT molecular complexity index is 2340. The van der Waals surface area contributed by atoms with Crippen LogP contribution in [0.25, 0.3) is 45.1 Å². The lowest BCUT2D eigenvalue weighted by Crippen LogP contribution is -2.19. The summed E-state index contributed by atoms with van der Waals surface area (Å²) in [5.41, 5.74) is 16.6. The Balaban J connectivity index is 1.09. The first-order chi connectivity index (χ1) is 24.3. The summed E-state index contributed by atoms with van der Waals surface area (Å²) in [6, 6.07) is 24.7. The SMILES string of the molecule is C1=CCC(c2nc3c(c(C4Cc5c(oc6cccc(-c7ccc(C8=CC9=C(C=CCC9)CC8)cc7)c56)-c5ccccc54)n2)CCC=C3)C=C1. The van der Waals surface area contributed by atoms with Gasteiger partial charge in [-0.25, -0.2) is 9.97 Å². The molecule has 3 aromatic carbocycles. The third-order valence-corrected chi connectivity index (χ3v) is 11.3. The Labute approximate surface area is 287 Å². The van der Waals surface area contributed by atoms with E-state index in [1.165, 1.54) is 66.7 Å². The van der Waals surface area contributed by atoms with Crippen LogP contribution in [0.2, 0.25) is 0 Å². The Kier molecular flexibility index (Phi) is 6.85. The van der Waals surface area contributed by atoms with Crippen molar-refractivity contribution < 1.29 is 4.42 Å². The van der Waals surface area contributed by atoms with Crippen molar-refractivity contribution in [1.82, 2.24) is 9.97 Å². The molecular weight excluding hydrogens is 597 g/mol. The van der Waals surface area contributed by atoms with Crippen molar-refractivity contribution in [2.45, 2.75) is 63.2 Å². The quantitative estimate of drug-likeness (QED) is 0.197. The number of fused-ring (bicyclic) bond motifs is 6. The van der Waals surface area contributed by atoms with Crippen molar-refractivity contribution in [2.75, 3.05) is 0 Å². The number of aromatic nitrogens is 2. The molecule has 0 spiro atoms. The maximum absolute atomic E-state index is 6.78. The number of furan rings is 1. The summed E-state index contributed by atoms with van der Waals surface area (Å²) in [5.74, 6) is 2.26. The number of allylic oxidation sites excluding steroid dienone is 11. The van der Waals surface area contributed by atoms with E-state index >= 15 is 0 Å². The molecule has 5 aliphatic rings. The van der Waals surface area contributed by atoms with Gasteiger partial charge in [0, 0.05) is 33.9 Å². The van der Waals surface area contributed by atoms with E-state index in [1.807, 2.05) is 0 Å². The second-order valence-corrected chi connectivity index (χ2v) is 14.1. The smallest absolute Gasteiger partial charge is 0.138 e. The van der Waals surface area contributed by atoms with Crippen molar-refractivity contribution >= 4 is 22.6 Å². The molecule has 0 amide bonds. The average molecular weight is 635 g/mol. The minimum absolute atomic E-state index is 0.122. The largest absolute Gasteiger partial charge is 0.456 e. The molecule has 0 saturated heterocycles. The molecule has 10 rings (SSSR count). The van der Waals surface area contributed by atoms with E-state index < -0.39 is 0 Å². The van der Waals surface area contributed by atoms with E-state index in [0.29, 0.717) is 0 Å². The molecule has 3 heteroatoms. The van der Waals surface area contributed by atoms with Crippen LogP contribution < -0.4 is 0 Å². The standard InChI is InChI=1S/C46H38N2O/c1-2-12-32(13-3-1)46-47-41-19-9-8-17-38(41)44(48-46)39-28-40-43-35(18-10-20-42(43)49-45(40)37-16-7-6-15-36(37)39)31-24-21-30(22-25-31)34-26-23-29-11-4-5-14-33(29)27-34/h1-4,6-7,9-12,15-16,18-22,24-25,27,32,39H,5,8,13-14,17,23,26,28H2. The van der Waals surface area contributed by atoms with Gasteiger partial charge in [-0.05, 0) is 102 Å². The van der Waals surface area contributed by atoms with Gasteiger partial charge in [0.05, 0.1) is 11.4 Å². The van der Waals surface area contributed by atoms with Gasteiger partial charge in [0.15, 0.2) is 0 Å². The lowest BCUT2D eigenvalue weighted by molar-refractivity contribution is 0.610. The first kappa shape index (κ1) is 28.7. The van der Waals surface area contributed by atoms with Gasteiger partial charge >= 0.3 is 0 Å². The van der Waals surface area contributed by atoms with Gasteiger partial charge in [-0.1, -0.05) is 109 Å². The topological polar surface area (TPSA) is 38.9 Å². The van der Waals surface area contributed by atoms with E-state index in [9.17, 15) is 0 Å². The fourth-order valence-electron chi connectivity index (χ4n) is 8.80. The van der Waals surface area contributed by atoms with Crippen molar-refractivity contribution in [2.24, 2.45) is 0 Å². The van der Waals surface area contributed by atoms with Gasteiger partial charge in [-0.3, -0.25) is 0 Å². The van der Waals surface area contributed by atoms with Gasteiger partial charge in [-0.15, -0.1) is 0 Å². The highest BCUT2D eigenvalue weighted by atomic mass is 16.3. The lowest BCUT2D eigenvalue weighted by atomic mass is 9.76. The molecule has 2 heterocycles. The third-order valence-electron chi connectivity index (χ3n) is 11.3. The third kappa shape index (κ3) is 4.86. The molecule has 0 radical (unpaired) electrons. The van der Waals surface area contributed by atoms with Gasteiger partial charge in [-0.2, -0.15) is 0 Å². The van der Waals surface area contributed by atoms with Crippen LogP contribution in [-0.4, -0.2) is 9.97 Å². The molecule has 5 aromatic rings. The molecule has 0 saturated carbocycles. The second-order valence-electron chi connectivity index (χ2n) is 14.1. The number of benzene rings is 3. The number of rotatable bonds is 4. The summed E-state index contributed by atoms with van der Waals surface area (Å²) in [5, 5.41) is 1.23. The van der Waals surface area contributed by atoms with Crippen LogP contribution in [0.1, 0.15) is 89.8 Å². The molecule has 2 unspecified atom stereocenters. The molecule has 0 bridgehead atoms. The predicted molar refractivity (Wildman–Crippen MR) is 200 cm³/mol. The second kappa shape index (κ2) is 11.7. The van der Waals surface area contributed by atoms with Crippen LogP contribution >= 0.6 is 0 Å². The Morgan fingerprint density at radius 3 is 2.45 bits per heavy atom. The molecule has 5 aliphatic carbocycles. The summed E-state index contributed by atoms with van der Waals surface area (Å²) in [6.45, 7) is 0. The molecule has 49 heavy (non-hydrogen) atoms. The van der Waals surface area contributed by atoms with E-state index in [-0.39, 0.29) is 11.8 Å². The van der Waals surface area contributed by atoms with Crippen LogP contribution in [0, 0.1) is 0 Å². The van der Waals surface area contributed by atoms with Gasteiger partial charge < -0.3 is 4.42 Å². The van der Waals surface area contributed by atoms with Gasteiger partial charge in [0.1, 0.15) is 17.2 Å². The molecular formula is C46H38N2O. The van der Waals surface area contributed by atoms with Crippen molar-refractivity contribution in [3.05, 3.63) is 166 Å². The van der Waals surface area contributed by atoms with Gasteiger partial charge in [0.25, 0.3) is 0 Å². The zero-order valence-electron chi connectivity index (χ0n) is 27.7.